The second-order valence-corrected chi connectivity index (χ2v) is 4.58. The van der Waals surface area contributed by atoms with Crippen LogP contribution in [0.2, 0.25) is 0 Å². The number of ether oxygens (including phenoxy) is 1. The normalized spacial score (nSPS) is 12.4. The van der Waals surface area contributed by atoms with Crippen LogP contribution in [0.5, 0.6) is 5.75 Å². The molecule has 0 aromatic heterocycles. The highest BCUT2D eigenvalue weighted by Gasteiger charge is 2.25. The molecule has 0 N–H and O–H groups in total. The Labute approximate surface area is 99.0 Å². The maximum atomic E-state index is 12.5. The molecule has 1 aromatic carbocycles. The van der Waals surface area contributed by atoms with E-state index in [9.17, 15) is 13.0 Å². The summed E-state index contributed by atoms with van der Waals surface area (Å²) in [7, 11) is -0.0781. The Hall–Kier alpha value is -0.540. The van der Waals surface area contributed by atoms with Gasteiger partial charge in [0.15, 0.2) is 0 Å². The third-order valence-electron chi connectivity index (χ3n) is 1.40. The van der Waals surface area contributed by atoms with Gasteiger partial charge in [-0.3, -0.25) is 4.21 Å². The molecule has 0 spiro atoms. The lowest BCUT2D eigenvalue weighted by Gasteiger charge is -2.14. The first-order chi connectivity index (χ1) is 7.40. The molecule has 2 atom stereocenters. The van der Waals surface area contributed by atoms with Crippen molar-refractivity contribution >= 4 is 20.0 Å². The van der Waals surface area contributed by atoms with Gasteiger partial charge in [0.25, 0.3) is 0 Å². The fraction of sp³-hybridized carbons (Fsp3) is 0.400. The van der Waals surface area contributed by atoms with Crippen molar-refractivity contribution in [1.82, 2.24) is 0 Å². The van der Waals surface area contributed by atoms with E-state index in [0.717, 1.165) is 0 Å². The van der Waals surface area contributed by atoms with E-state index in [1.165, 1.54) is 27.6 Å². The molecule has 1 rings (SSSR count). The molecule has 16 heavy (non-hydrogen) atoms. The first-order valence-electron chi connectivity index (χ1n) is 4.68. The third-order valence-corrected chi connectivity index (χ3v) is 2.48. The van der Waals surface area contributed by atoms with Crippen molar-refractivity contribution < 1.29 is 17.7 Å². The van der Waals surface area contributed by atoms with E-state index in [0.29, 0.717) is 0 Å². The number of halogens is 2. The first kappa shape index (κ1) is 15.5. The van der Waals surface area contributed by atoms with Gasteiger partial charge in [-0.15, -0.1) is 0 Å². The Balaban J connectivity index is 0.00000106. The van der Waals surface area contributed by atoms with Crippen LogP contribution >= 0.6 is 9.24 Å². The van der Waals surface area contributed by atoms with Crippen LogP contribution in [0.25, 0.3) is 0 Å². The van der Waals surface area contributed by atoms with Gasteiger partial charge >= 0.3 is 5.85 Å². The van der Waals surface area contributed by atoms with Crippen molar-refractivity contribution in [2.24, 2.45) is 0 Å². The zero-order valence-electron chi connectivity index (χ0n) is 9.37. The fourth-order valence-electron chi connectivity index (χ4n) is 0.919. The Morgan fingerprint density at radius 1 is 1.31 bits per heavy atom. The van der Waals surface area contributed by atoms with Crippen LogP contribution in [0.15, 0.2) is 29.2 Å². The molecule has 0 aliphatic heterocycles. The average Bonchev–Trinajstić information content (AvgIpc) is 2.19. The van der Waals surface area contributed by atoms with E-state index in [4.69, 9.17) is 0 Å². The number of benzene rings is 1. The largest absolute Gasteiger partial charge is 0.429 e. The van der Waals surface area contributed by atoms with Gasteiger partial charge < -0.3 is 4.74 Å². The molecule has 0 heterocycles. The summed E-state index contributed by atoms with van der Waals surface area (Å²) >= 11 is 0. The number of hydrogen-bond donors (Lipinski definition) is 0. The second-order valence-electron chi connectivity index (χ2n) is 2.56. The van der Waals surface area contributed by atoms with Crippen molar-refractivity contribution in [3.63, 3.8) is 0 Å². The summed E-state index contributed by atoms with van der Waals surface area (Å²) in [5.74, 6) is -3.40. The van der Waals surface area contributed by atoms with Gasteiger partial charge in [0, 0.05) is 6.26 Å². The third kappa shape index (κ3) is 5.52. The van der Waals surface area contributed by atoms with Gasteiger partial charge in [-0.2, -0.15) is 8.78 Å². The van der Waals surface area contributed by atoms with Crippen molar-refractivity contribution in [3.05, 3.63) is 24.3 Å². The summed E-state index contributed by atoms with van der Waals surface area (Å²) < 4.78 is 40.4. The molecule has 0 radical (unpaired) electrons. The van der Waals surface area contributed by atoms with E-state index in [1.807, 2.05) is 13.8 Å². The van der Waals surface area contributed by atoms with Crippen LogP contribution in [0.1, 0.15) is 13.8 Å². The topological polar surface area (TPSA) is 26.3 Å². The van der Waals surface area contributed by atoms with E-state index in [2.05, 4.69) is 4.74 Å². The smallest absolute Gasteiger partial charge is 0.408 e. The zero-order chi connectivity index (χ0) is 12.8. The highest BCUT2D eigenvalue weighted by Crippen LogP contribution is 2.30. The molecular formula is C10H15F2O2PS. The minimum Gasteiger partial charge on any atom is -0.429 e. The lowest BCUT2D eigenvalue weighted by Crippen LogP contribution is -2.15. The van der Waals surface area contributed by atoms with Crippen molar-refractivity contribution in [2.45, 2.75) is 24.6 Å². The molecule has 0 amide bonds. The molecule has 0 aliphatic carbocycles. The van der Waals surface area contributed by atoms with Gasteiger partial charge in [-0.1, -0.05) is 26.0 Å². The van der Waals surface area contributed by atoms with Crippen molar-refractivity contribution in [1.29, 1.82) is 0 Å². The van der Waals surface area contributed by atoms with Crippen LogP contribution in [-0.2, 0) is 10.8 Å². The number of hydrogen-bond acceptors (Lipinski definition) is 2. The molecule has 0 aliphatic rings. The minimum atomic E-state index is -3.34. The number of para-hydroxylation sites is 1. The minimum absolute atomic E-state index is 0.0617. The van der Waals surface area contributed by atoms with Gasteiger partial charge in [-0.05, 0) is 21.4 Å². The Morgan fingerprint density at radius 2 is 1.81 bits per heavy atom. The maximum absolute atomic E-state index is 12.5. The highest BCUT2D eigenvalue weighted by molar-refractivity contribution is 7.84. The fourth-order valence-corrected chi connectivity index (χ4v) is 1.71. The molecule has 0 fully saturated rings. The van der Waals surface area contributed by atoms with Crippen molar-refractivity contribution in [3.8, 4) is 5.75 Å². The monoisotopic (exact) mass is 268 g/mol. The van der Waals surface area contributed by atoms with Crippen LogP contribution in [0.4, 0.5) is 8.78 Å². The molecule has 0 saturated carbocycles. The predicted molar refractivity (Wildman–Crippen MR) is 65.4 cm³/mol. The lowest BCUT2D eigenvalue weighted by atomic mass is 10.3. The predicted octanol–water partition coefficient (Wildman–Crippen LogP) is 3.25. The highest BCUT2D eigenvalue weighted by atomic mass is 32.2. The zero-order valence-corrected chi connectivity index (χ0v) is 11.3. The van der Waals surface area contributed by atoms with Gasteiger partial charge in [-0.25, -0.2) is 0 Å². The second kappa shape index (κ2) is 6.92. The molecule has 1 aromatic rings. The Bertz CT molecular complexity index is 353. The Kier molecular flexibility index (Phi) is 6.68. The molecule has 6 heteroatoms. The Morgan fingerprint density at radius 3 is 2.25 bits per heavy atom. The summed E-state index contributed by atoms with van der Waals surface area (Å²) in [4.78, 5) is 0.259. The molecule has 0 bridgehead atoms. The van der Waals surface area contributed by atoms with Crippen LogP contribution in [-0.4, -0.2) is 16.3 Å². The first-order valence-corrected chi connectivity index (χ1v) is 6.82. The average molecular weight is 268 g/mol. The molecular weight excluding hydrogens is 253 g/mol. The SMILES string of the molecule is CC.CS(=O)c1ccccc1OC(F)(F)P. The molecule has 2 unspecified atom stereocenters. The number of alkyl halides is 2. The van der Waals surface area contributed by atoms with Crippen LogP contribution in [0, 0.1) is 0 Å². The van der Waals surface area contributed by atoms with E-state index in [-0.39, 0.29) is 10.6 Å². The van der Waals surface area contributed by atoms with Gasteiger partial charge in [0.2, 0.25) is 0 Å². The standard InChI is InChI=1S/C8H9F2O2PS.C2H6/c1-14(11)7-5-3-2-4-6(7)12-8(9,10)13;1-2/h2-5H,13H2,1H3;1-2H3. The molecule has 92 valence electrons. The van der Waals surface area contributed by atoms with Gasteiger partial charge in [0.05, 0.1) is 15.7 Å². The van der Waals surface area contributed by atoms with Crippen molar-refractivity contribution in [2.75, 3.05) is 6.26 Å². The summed E-state index contributed by atoms with van der Waals surface area (Å²) in [6.07, 6.45) is 1.41. The van der Waals surface area contributed by atoms with Gasteiger partial charge in [0.1, 0.15) is 5.75 Å². The van der Waals surface area contributed by atoms with E-state index >= 15 is 0 Å². The summed E-state index contributed by atoms with van der Waals surface area (Å²) in [6.45, 7) is 4.00. The molecule has 2 nitrogen and oxygen atoms in total. The quantitative estimate of drug-likeness (QED) is 0.786. The van der Waals surface area contributed by atoms with Crippen LogP contribution < -0.4 is 4.74 Å². The summed E-state index contributed by atoms with van der Waals surface area (Å²) in [6, 6.07) is 6.00. The van der Waals surface area contributed by atoms with E-state index < -0.39 is 16.6 Å². The maximum Gasteiger partial charge on any atom is 0.408 e. The van der Waals surface area contributed by atoms with E-state index in [1.54, 1.807) is 12.1 Å². The number of rotatable bonds is 3. The molecule has 0 saturated heterocycles. The van der Waals surface area contributed by atoms with Crippen LogP contribution in [0.3, 0.4) is 0 Å². The summed E-state index contributed by atoms with van der Waals surface area (Å²) in [5, 5.41) is 0. The lowest BCUT2D eigenvalue weighted by molar-refractivity contribution is -0.0909. The summed E-state index contributed by atoms with van der Waals surface area (Å²) in [5.41, 5.74) is 0.